The van der Waals surface area contributed by atoms with Crippen LogP contribution in [0.4, 0.5) is 5.69 Å². The minimum Gasteiger partial charge on any atom is -0.457 e. The van der Waals surface area contributed by atoms with Crippen molar-refractivity contribution in [3.63, 3.8) is 0 Å². The number of nitrogens with one attached hydrogen (secondary N) is 1. The predicted octanol–water partition coefficient (Wildman–Crippen LogP) is 6.04. The molecule has 0 atom stereocenters. The summed E-state index contributed by atoms with van der Waals surface area (Å²) in [5.41, 5.74) is 2.50. The highest BCUT2D eigenvalue weighted by atomic mass is 16.5. The lowest BCUT2D eigenvalue weighted by Crippen LogP contribution is -2.10. The van der Waals surface area contributed by atoms with Crippen molar-refractivity contribution in [2.45, 2.75) is 31.6 Å². The Morgan fingerprint density at radius 1 is 0.963 bits per heavy atom. The van der Waals surface area contributed by atoms with Crippen LogP contribution >= 0.6 is 0 Å². The Morgan fingerprint density at radius 2 is 1.63 bits per heavy atom. The Labute approximate surface area is 158 Å². The van der Waals surface area contributed by atoms with E-state index in [1.807, 2.05) is 60.7 Å². The minimum atomic E-state index is -0.297. The van der Waals surface area contributed by atoms with Gasteiger partial charge in [0.25, 0.3) is 11.2 Å². The smallest absolute Gasteiger partial charge is 0.254 e. The maximum Gasteiger partial charge on any atom is 0.254 e. The van der Waals surface area contributed by atoms with Crippen LogP contribution in [0.3, 0.4) is 0 Å². The highest BCUT2D eigenvalue weighted by Gasteiger charge is 2.22. The van der Waals surface area contributed by atoms with Gasteiger partial charge in [-0.05, 0) is 72.4 Å². The van der Waals surface area contributed by atoms with Crippen LogP contribution in [0.1, 0.15) is 37.2 Å². The average Bonchev–Trinajstić information content (AvgIpc) is 3.23. The van der Waals surface area contributed by atoms with E-state index in [2.05, 4.69) is 9.83 Å². The number of aromatic nitrogens is 1. The highest BCUT2D eigenvalue weighted by molar-refractivity contribution is 5.65. The number of hydrogen-bond acceptors (Lipinski definition) is 2. The first kappa shape index (κ1) is 17.1. The summed E-state index contributed by atoms with van der Waals surface area (Å²) in [4.78, 5) is 18.8. The minimum absolute atomic E-state index is 0.245. The summed E-state index contributed by atoms with van der Waals surface area (Å²) in [6, 6.07) is 19.2. The molecule has 4 heteroatoms. The normalized spacial score (nSPS) is 14.0. The molecular formula is C23H20N2O2. The Bertz CT molecular complexity index is 1020. The van der Waals surface area contributed by atoms with Gasteiger partial charge in [0.2, 0.25) is 0 Å². The highest BCUT2D eigenvalue weighted by Crippen LogP contribution is 2.38. The molecule has 0 spiro atoms. The second-order valence-electron chi connectivity index (χ2n) is 6.85. The van der Waals surface area contributed by atoms with Crippen LogP contribution < -0.4 is 10.3 Å². The summed E-state index contributed by atoms with van der Waals surface area (Å²) < 4.78 is 5.82. The van der Waals surface area contributed by atoms with Gasteiger partial charge in [0.05, 0.1) is 6.57 Å². The predicted molar refractivity (Wildman–Crippen MR) is 106 cm³/mol. The van der Waals surface area contributed by atoms with Crippen LogP contribution in [0.15, 0.2) is 65.5 Å². The van der Waals surface area contributed by atoms with Crippen LogP contribution in [0.5, 0.6) is 11.5 Å². The molecule has 2 aromatic carbocycles. The number of aromatic amines is 1. The molecule has 3 aromatic rings. The molecule has 0 saturated heterocycles. The van der Waals surface area contributed by atoms with Gasteiger partial charge in [-0.15, -0.1) is 0 Å². The van der Waals surface area contributed by atoms with E-state index in [9.17, 15) is 4.79 Å². The fourth-order valence-corrected chi connectivity index (χ4v) is 3.72. The molecule has 0 amide bonds. The van der Waals surface area contributed by atoms with Crippen molar-refractivity contribution < 1.29 is 4.74 Å². The van der Waals surface area contributed by atoms with Crippen molar-refractivity contribution in [1.82, 2.24) is 4.98 Å². The molecule has 1 aromatic heterocycles. The molecule has 27 heavy (non-hydrogen) atoms. The zero-order valence-electron chi connectivity index (χ0n) is 14.9. The summed E-state index contributed by atoms with van der Waals surface area (Å²) in [7, 11) is 0. The number of ether oxygens (including phenoxy) is 1. The van der Waals surface area contributed by atoms with E-state index in [-0.39, 0.29) is 11.2 Å². The largest absolute Gasteiger partial charge is 0.457 e. The van der Waals surface area contributed by atoms with Gasteiger partial charge in [0, 0.05) is 5.69 Å². The molecule has 1 aliphatic rings. The zero-order chi connectivity index (χ0) is 18.6. The Morgan fingerprint density at radius 3 is 2.30 bits per heavy atom. The second-order valence-corrected chi connectivity index (χ2v) is 6.85. The number of H-pyrrole nitrogens is 1. The topological polar surface area (TPSA) is 46.5 Å². The van der Waals surface area contributed by atoms with E-state index < -0.39 is 0 Å². The maximum atomic E-state index is 12.4. The molecule has 0 bridgehead atoms. The van der Waals surface area contributed by atoms with Gasteiger partial charge in [-0.1, -0.05) is 31.0 Å². The molecule has 4 nitrogen and oxygen atoms in total. The molecule has 0 unspecified atom stereocenters. The van der Waals surface area contributed by atoms with Gasteiger partial charge in [-0.25, -0.2) is 4.85 Å². The number of para-hydroxylation sites is 1. The summed E-state index contributed by atoms with van der Waals surface area (Å²) in [6.07, 6.45) is 4.43. The van der Waals surface area contributed by atoms with Crippen LogP contribution in [0.2, 0.25) is 0 Å². The molecule has 1 fully saturated rings. The third kappa shape index (κ3) is 3.63. The van der Waals surface area contributed by atoms with E-state index in [0.29, 0.717) is 5.92 Å². The lowest BCUT2D eigenvalue weighted by molar-refractivity contribution is 0.483. The Balaban J connectivity index is 1.65. The number of nitrogens with zero attached hydrogens (tertiary/aromatic N) is 1. The Kier molecular flexibility index (Phi) is 4.76. The third-order valence-electron chi connectivity index (χ3n) is 5.09. The molecule has 1 heterocycles. The van der Waals surface area contributed by atoms with E-state index in [0.717, 1.165) is 54.0 Å². The van der Waals surface area contributed by atoms with Crippen molar-refractivity contribution in [2.75, 3.05) is 0 Å². The fraction of sp³-hybridized carbons (Fsp3) is 0.217. The molecule has 0 radical (unpaired) electrons. The van der Waals surface area contributed by atoms with Crippen molar-refractivity contribution in [1.29, 1.82) is 0 Å². The monoisotopic (exact) mass is 356 g/mol. The first-order valence-electron chi connectivity index (χ1n) is 9.22. The quantitative estimate of drug-likeness (QED) is 0.579. The van der Waals surface area contributed by atoms with Crippen LogP contribution in [0.25, 0.3) is 16.1 Å². The summed E-state index contributed by atoms with van der Waals surface area (Å²) in [5.74, 6) is 1.83. The third-order valence-corrected chi connectivity index (χ3v) is 5.09. The van der Waals surface area contributed by atoms with Crippen molar-refractivity contribution in [3.05, 3.63) is 88.0 Å². The van der Waals surface area contributed by atoms with E-state index in [1.54, 1.807) is 0 Å². The van der Waals surface area contributed by atoms with Crippen molar-refractivity contribution >= 4 is 5.69 Å². The Hall–Kier alpha value is -3.32. The van der Waals surface area contributed by atoms with Crippen LogP contribution in [0, 0.1) is 6.57 Å². The second kappa shape index (κ2) is 7.51. The summed E-state index contributed by atoms with van der Waals surface area (Å²) in [5, 5.41) is 0. The number of benzene rings is 2. The van der Waals surface area contributed by atoms with Gasteiger partial charge in [0.1, 0.15) is 11.5 Å². The van der Waals surface area contributed by atoms with Crippen molar-refractivity contribution in [2.24, 2.45) is 0 Å². The van der Waals surface area contributed by atoms with Crippen LogP contribution in [-0.2, 0) is 0 Å². The molecule has 1 saturated carbocycles. The fourth-order valence-electron chi connectivity index (χ4n) is 3.72. The molecular weight excluding hydrogens is 336 g/mol. The lowest BCUT2D eigenvalue weighted by Gasteiger charge is -2.14. The standard InChI is InChI=1S/C23H20N2O2/c1-24-22-20(16-7-5-6-8-16)15-21(25-23(22)26)17-11-13-19(14-12-17)27-18-9-3-2-4-10-18/h2-4,9-16H,5-8H2,(H,25,26). The first-order valence-corrected chi connectivity index (χ1v) is 9.22. The number of rotatable bonds is 4. The summed E-state index contributed by atoms with van der Waals surface area (Å²) in [6.45, 7) is 7.39. The molecule has 134 valence electrons. The number of hydrogen-bond donors (Lipinski definition) is 1. The van der Waals surface area contributed by atoms with E-state index in [1.165, 1.54) is 0 Å². The first-order chi connectivity index (χ1) is 13.2. The molecule has 4 rings (SSSR count). The molecule has 1 aliphatic carbocycles. The van der Waals surface area contributed by atoms with Gasteiger partial charge in [0.15, 0.2) is 0 Å². The molecule has 1 N–H and O–H groups in total. The molecule has 0 aliphatic heterocycles. The average molecular weight is 356 g/mol. The SMILES string of the molecule is [C-]#[N+]c1c(C2CCCC2)cc(-c2ccc(Oc3ccccc3)cc2)[nH]c1=O. The number of pyridine rings is 1. The zero-order valence-corrected chi connectivity index (χ0v) is 14.9. The van der Waals surface area contributed by atoms with E-state index >= 15 is 0 Å². The van der Waals surface area contributed by atoms with Crippen LogP contribution in [-0.4, -0.2) is 4.98 Å². The maximum absolute atomic E-state index is 12.4. The van der Waals surface area contributed by atoms with E-state index in [4.69, 9.17) is 11.3 Å². The van der Waals surface area contributed by atoms with Gasteiger partial charge in [-0.2, -0.15) is 0 Å². The lowest BCUT2D eigenvalue weighted by atomic mass is 9.95. The van der Waals surface area contributed by atoms with Gasteiger partial charge in [-0.3, -0.25) is 4.79 Å². The summed E-state index contributed by atoms with van der Waals surface area (Å²) >= 11 is 0. The van der Waals surface area contributed by atoms with Crippen molar-refractivity contribution in [3.8, 4) is 22.8 Å². The van der Waals surface area contributed by atoms with Gasteiger partial charge < -0.3 is 9.72 Å². The van der Waals surface area contributed by atoms with Gasteiger partial charge >= 0.3 is 0 Å².